The van der Waals surface area contributed by atoms with Gasteiger partial charge in [-0.15, -0.1) is 0 Å². The first-order valence-electron chi connectivity index (χ1n) is 8.40. The molecule has 0 aliphatic rings. The molecule has 0 unspecified atom stereocenters. The molecule has 2 aromatic carbocycles. The monoisotopic (exact) mass is 387 g/mol. The first-order valence-corrected chi connectivity index (χ1v) is 11.0. The largest absolute Gasteiger partial charge is 0.494 e. The lowest BCUT2D eigenvalue weighted by molar-refractivity contribution is 0.317. The van der Waals surface area contributed by atoms with Gasteiger partial charge in [-0.1, -0.05) is 42.5 Å². The molecule has 0 saturated carbocycles. The minimum Gasteiger partial charge on any atom is -0.494 e. The minimum absolute atomic E-state index is 0.0421. The summed E-state index contributed by atoms with van der Waals surface area (Å²) in [5, 5.41) is 4.08. The standard InChI is InChI=1S/C20H21NO3S2/c22-26(23,14-6-12-24-19-8-2-1-3-9-19)21-15-17-7-4-5-10-20(17)18-11-13-25-16-18/h1-5,7-11,13,16,21H,6,12,14-15H2. The Morgan fingerprint density at radius 3 is 2.50 bits per heavy atom. The summed E-state index contributed by atoms with van der Waals surface area (Å²) < 4.78 is 32.7. The predicted molar refractivity (Wildman–Crippen MR) is 107 cm³/mol. The molecular weight excluding hydrogens is 366 g/mol. The molecule has 1 heterocycles. The summed E-state index contributed by atoms with van der Waals surface area (Å²) in [6.07, 6.45) is 0.441. The van der Waals surface area contributed by atoms with Crippen LogP contribution in [0, 0.1) is 0 Å². The van der Waals surface area contributed by atoms with Crippen molar-refractivity contribution in [2.45, 2.75) is 13.0 Å². The Balaban J connectivity index is 1.51. The van der Waals surface area contributed by atoms with Crippen LogP contribution in [0.15, 0.2) is 71.4 Å². The Labute approximate surface area is 158 Å². The molecule has 0 amide bonds. The topological polar surface area (TPSA) is 55.4 Å². The SMILES string of the molecule is O=S(=O)(CCCOc1ccccc1)NCc1ccccc1-c1ccsc1. The van der Waals surface area contributed by atoms with Gasteiger partial charge in [-0.2, -0.15) is 11.3 Å². The van der Waals surface area contributed by atoms with Gasteiger partial charge in [-0.3, -0.25) is 0 Å². The van der Waals surface area contributed by atoms with Crippen LogP contribution in [0.25, 0.3) is 11.1 Å². The molecule has 4 nitrogen and oxygen atoms in total. The third-order valence-corrected chi connectivity index (χ3v) is 5.99. The van der Waals surface area contributed by atoms with Crippen LogP contribution in [-0.2, 0) is 16.6 Å². The van der Waals surface area contributed by atoms with Crippen molar-refractivity contribution >= 4 is 21.4 Å². The van der Waals surface area contributed by atoms with Crippen molar-refractivity contribution in [1.29, 1.82) is 0 Å². The van der Waals surface area contributed by atoms with Crippen LogP contribution in [0.1, 0.15) is 12.0 Å². The van der Waals surface area contributed by atoms with Crippen LogP contribution in [0.4, 0.5) is 0 Å². The molecule has 1 aromatic heterocycles. The highest BCUT2D eigenvalue weighted by molar-refractivity contribution is 7.89. The molecule has 0 saturated heterocycles. The smallest absolute Gasteiger partial charge is 0.212 e. The second-order valence-corrected chi connectivity index (χ2v) is 8.53. The molecule has 3 rings (SSSR count). The molecule has 0 spiro atoms. The maximum atomic E-state index is 12.2. The van der Waals surface area contributed by atoms with E-state index < -0.39 is 10.0 Å². The highest BCUT2D eigenvalue weighted by Crippen LogP contribution is 2.25. The van der Waals surface area contributed by atoms with Gasteiger partial charge in [-0.25, -0.2) is 13.1 Å². The van der Waals surface area contributed by atoms with Crippen molar-refractivity contribution < 1.29 is 13.2 Å². The fourth-order valence-electron chi connectivity index (χ4n) is 2.59. The number of hydrogen-bond acceptors (Lipinski definition) is 4. The van der Waals surface area contributed by atoms with Crippen molar-refractivity contribution in [3.63, 3.8) is 0 Å². The van der Waals surface area contributed by atoms with E-state index in [0.717, 1.165) is 22.4 Å². The van der Waals surface area contributed by atoms with Crippen molar-refractivity contribution in [2.24, 2.45) is 0 Å². The number of rotatable bonds is 9. The van der Waals surface area contributed by atoms with Gasteiger partial charge in [0.25, 0.3) is 0 Å². The van der Waals surface area contributed by atoms with Gasteiger partial charge in [0, 0.05) is 6.54 Å². The van der Waals surface area contributed by atoms with Gasteiger partial charge in [0.2, 0.25) is 10.0 Å². The lowest BCUT2D eigenvalue weighted by Gasteiger charge is -2.11. The molecule has 0 fully saturated rings. The van der Waals surface area contributed by atoms with E-state index >= 15 is 0 Å². The quantitative estimate of drug-likeness (QED) is 0.557. The van der Waals surface area contributed by atoms with Crippen molar-refractivity contribution in [1.82, 2.24) is 4.72 Å². The highest BCUT2D eigenvalue weighted by Gasteiger charge is 2.12. The molecule has 1 N–H and O–H groups in total. The Morgan fingerprint density at radius 1 is 0.962 bits per heavy atom. The number of hydrogen-bond donors (Lipinski definition) is 1. The summed E-state index contributed by atoms with van der Waals surface area (Å²) in [6.45, 7) is 0.657. The summed E-state index contributed by atoms with van der Waals surface area (Å²) >= 11 is 1.63. The second-order valence-electron chi connectivity index (χ2n) is 5.82. The first-order chi connectivity index (χ1) is 12.6. The molecule has 26 heavy (non-hydrogen) atoms. The van der Waals surface area contributed by atoms with Crippen LogP contribution in [0.2, 0.25) is 0 Å². The van der Waals surface area contributed by atoms with Gasteiger partial charge in [0.1, 0.15) is 5.75 Å². The maximum Gasteiger partial charge on any atom is 0.212 e. The van der Waals surface area contributed by atoms with Gasteiger partial charge in [0.05, 0.1) is 12.4 Å². The van der Waals surface area contributed by atoms with Gasteiger partial charge in [0.15, 0.2) is 0 Å². The fraction of sp³-hybridized carbons (Fsp3) is 0.200. The van der Waals surface area contributed by atoms with Crippen LogP contribution in [-0.4, -0.2) is 20.8 Å². The van der Waals surface area contributed by atoms with Gasteiger partial charge in [-0.05, 0) is 52.1 Å². The number of ether oxygens (including phenoxy) is 1. The summed E-state index contributed by atoms with van der Waals surface area (Å²) in [7, 11) is -3.35. The average Bonchev–Trinajstić information content (AvgIpc) is 3.19. The van der Waals surface area contributed by atoms with E-state index in [2.05, 4.69) is 10.1 Å². The summed E-state index contributed by atoms with van der Waals surface area (Å²) in [5.41, 5.74) is 3.14. The summed E-state index contributed by atoms with van der Waals surface area (Å²) in [6, 6.07) is 19.3. The third kappa shape index (κ3) is 5.42. The Hall–Kier alpha value is -2.15. The predicted octanol–water partition coefficient (Wildman–Crippen LogP) is 4.30. The molecule has 3 aromatic rings. The van der Waals surface area contributed by atoms with Crippen LogP contribution >= 0.6 is 11.3 Å². The number of para-hydroxylation sites is 1. The molecule has 6 heteroatoms. The van der Waals surface area contributed by atoms with E-state index in [1.807, 2.05) is 66.0 Å². The lowest BCUT2D eigenvalue weighted by Crippen LogP contribution is -2.27. The molecule has 0 aliphatic heterocycles. The van der Waals surface area contributed by atoms with Crippen LogP contribution in [0.3, 0.4) is 0 Å². The van der Waals surface area contributed by atoms with Crippen LogP contribution < -0.4 is 9.46 Å². The number of thiophene rings is 1. The average molecular weight is 388 g/mol. The van der Waals surface area contributed by atoms with Gasteiger partial charge < -0.3 is 4.74 Å². The van der Waals surface area contributed by atoms with E-state index in [1.165, 1.54) is 0 Å². The molecule has 136 valence electrons. The molecular formula is C20H21NO3S2. The van der Waals surface area contributed by atoms with Crippen LogP contribution in [0.5, 0.6) is 5.75 Å². The van der Waals surface area contributed by atoms with E-state index in [1.54, 1.807) is 11.3 Å². The van der Waals surface area contributed by atoms with Gasteiger partial charge >= 0.3 is 0 Å². The summed E-state index contributed by atoms with van der Waals surface area (Å²) in [5.74, 6) is 0.794. The fourth-order valence-corrected chi connectivity index (χ4v) is 4.26. The van der Waals surface area contributed by atoms with Crippen molar-refractivity contribution in [3.8, 4) is 16.9 Å². The molecule has 0 bridgehead atoms. The Morgan fingerprint density at radius 2 is 1.73 bits per heavy atom. The second kappa shape index (κ2) is 8.98. The lowest BCUT2D eigenvalue weighted by atomic mass is 10.0. The third-order valence-electron chi connectivity index (χ3n) is 3.90. The zero-order valence-electron chi connectivity index (χ0n) is 14.3. The highest BCUT2D eigenvalue weighted by atomic mass is 32.2. The van der Waals surface area contributed by atoms with E-state index in [-0.39, 0.29) is 12.3 Å². The zero-order chi connectivity index (χ0) is 18.2. The molecule has 0 atom stereocenters. The van der Waals surface area contributed by atoms with E-state index in [0.29, 0.717) is 13.0 Å². The van der Waals surface area contributed by atoms with Crippen molar-refractivity contribution in [3.05, 3.63) is 77.0 Å². The van der Waals surface area contributed by atoms with E-state index in [9.17, 15) is 8.42 Å². The molecule has 0 radical (unpaired) electrons. The molecule has 0 aliphatic carbocycles. The van der Waals surface area contributed by atoms with Crippen molar-refractivity contribution in [2.75, 3.05) is 12.4 Å². The number of nitrogens with one attached hydrogen (secondary N) is 1. The maximum absolute atomic E-state index is 12.2. The normalized spacial score (nSPS) is 11.4. The zero-order valence-corrected chi connectivity index (χ0v) is 15.9. The van der Waals surface area contributed by atoms with E-state index in [4.69, 9.17) is 4.74 Å². The number of benzene rings is 2. The Kier molecular flexibility index (Phi) is 6.44. The minimum atomic E-state index is -3.35. The first kappa shape index (κ1) is 18.6. The number of sulfonamides is 1. The summed E-state index contributed by atoms with van der Waals surface area (Å²) in [4.78, 5) is 0. The Bertz CT molecular complexity index is 907.